The Morgan fingerprint density at radius 3 is 2.48 bits per heavy atom. The minimum absolute atomic E-state index is 0.211. The van der Waals surface area contributed by atoms with E-state index in [1.807, 2.05) is 0 Å². The van der Waals surface area contributed by atoms with Crippen LogP contribution < -0.4 is 10.1 Å². The third-order valence-corrected chi connectivity index (χ3v) is 2.96. The minimum atomic E-state index is -4.90. The molecule has 0 aliphatic carbocycles. The Balaban J connectivity index is 1.76. The Morgan fingerprint density at radius 2 is 1.84 bits per heavy atom. The highest BCUT2D eigenvalue weighted by Gasteiger charge is 2.32. The molecule has 0 fully saturated rings. The van der Waals surface area contributed by atoms with Gasteiger partial charge in [-0.2, -0.15) is 5.10 Å². The number of anilines is 1. The number of halogens is 3. The fourth-order valence-electron chi connectivity index (χ4n) is 1.96. The summed E-state index contributed by atoms with van der Waals surface area (Å²) < 4.78 is 42.5. The molecule has 1 amide bonds. The largest absolute Gasteiger partial charge is 0.573 e. The Labute approximate surface area is 139 Å². The number of hydrogen-bond acceptors (Lipinski definition) is 5. The first-order valence-electron chi connectivity index (χ1n) is 6.90. The number of alkyl halides is 3. The molecular weight excluding hydrogens is 339 g/mol. The van der Waals surface area contributed by atoms with Crippen LogP contribution in [0, 0.1) is 0 Å². The van der Waals surface area contributed by atoms with E-state index in [2.05, 4.69) is 25.1 Å². The maximum absolute atomic E-state index is 12.4. The van der Waals surface area contributed by atoms with Gasteiger partial charge < -0.3 is 10.1 Å². The molecule has 2 aromatic heterocycles. The van der Waals surface area contributed by atoms with Crippen LogP contribution in [0.1, 0.15) is 10.4 Å². The van der Waals surface area contributed by atoms with Crippen molar-refractivity contribution in [1.29, 1.82) is 0 Å². The van der Waals surface area contributed by atoms with Crippen LogP contribution in [0.15, 0.2) is 55.1 Å². The molecule has 1 N–H and O–H groups in total. The summed E-state index contributed by atoms with van der Waals surface area (Å²) in [4.78, 5) is 20.2. The van der Waals surface area contributed by atoms with Gasteiger partial charge in [0.2, 0.25) is 0 Å². The molecule has 0 bridgehead atoms. The summed E-state index contributed by atoms with van der Waals surface area (Å²) in [6.45, 7) is 0. The lowest BCUT2D eigenvalue weighted by Gasteiger charge is -2.13. The van der Waals surface area contributed by atoms with E-state index in [1.165, 1.54) is 35.3 Å². The molecule has 0 unspecified atom stereocenters. The smallest absolute Gasteiger partial charge is 0.405 e. The monoisotopic (exact) mass is 349 g/mol. The topological polar surface area (TPSA) is 81.9 Å². The van der Waals surface area contributed by atoms with Gasteiger partial charge in [-0.05, 0) is 18.2 Å². The highest BCUT2D eigenvalue weighted by atomic mass is 19.4. The molecule has 0 radical (unpaired) electrons. The van der Waals surface area contributed by atoms with Crippen LogP contribution in [0.3, 0.4) is 0 Å². The van der Waals surface area contributed by atoms with E-state index in [0.29, 0.717) is 0 Å². The average molecular weight is 349 g/mol. The third-order valence-electron chi connectivity index (χ3n) is 2.96. The summed E-state index contributed by atoms with van der Waals surface area (Å²) in [6.07, 6.45) is 0.921. The predicted octanol–water partition coefficient (Wildman–Crippen LogP) is 2.81. The highest BCUT2D eigenvalue weighted by Crippen LogP contribution is 2.26. The van der Waals surface area contributed by atoms with E-state index in [-0.39, 0.29) is 17.2 Å². The van der Waals surface area contributed by atoms with Crippen molar-refractivity contribution >= 4 is 11.6 Å². The molecule has 128 valence electrons. The van der Waals surface area contributed by atoms with E-state index < -0.39 is 18.0 Å². The minimum Gasteiger partial charge on any atom is -0.405 e. The van der Waals surface area contributed by atoms with E-state index in [1.54, 1.807) is 18.5 Å². The van der Waals surface area contributed by atoms with Gasteiger partial charge in [0.25, 0.3) is 11.9 Å². The van der Waals surface area contributed by atoms with Crippen LogP contribution in [-0.4, -0.2) is 32.0 Å². The van der Waals surface area contributed by atoms with Crippen molar-refractivity contribution < 1.29 is 22.7 Å². The van der Waals surface area contributed by atoms with Gasteiger partial charge in [-0.15, -0.1) is 13.2 Å². The maximum Gasteiger partial charge on any atom is 0.573 e. The van der Waals surface area contributed by atoms with Gasteiger partial charge >= 0.3 is 6.36 Å². The lowest BCUT2D eigenvalue weighted by molar-refractivity contribution is -0.274. The van der Waals surface area contributed by atoms with Gasteiger partial charge in [-0.25, -0.2) is 14.6 Å². The number of carbonyl (C=O) groups is 1. The number of nitrogens with zero attached hydrogens (tertiary/aromatic N) is 4. The second kappa shape index (κ2) is 6.59. The predicted molar refractivity (Wildman–Crippen MR) is 80.2 cm³/mol. The molecule has 10 heteroatoms. The fourth-order valence-corrected chi connectivity index (χ4v) is 1.96. The van der Waals surface area contributed by atoms with Gasteiger partial charge in [0, 0.05) is 12.4 Å². The standard InChI is InChI=1S/C15H10F3N5O2/c16-15(17,18)25-12-5-2-1-4-11(12)13(24)22-10-8-19-14(20-9-10)23-7-3-6-21-23/h1-9H,(H,22,24). The van der Waals surface area contributed by atoms with Crippen molar-refractivity contribution in [3.05, 3.63) is 60.7 Å². The normalized spacial score (nSPS) is 11.2. The first kappa shape index (κ1) is 16.4. The van der Waals surface area contributed by atoms with Crippen LogP contribution in [0.2, 0.25) is 0 Å². The molecule has 25 heavy (non-hydrogen) atoms. The Morgan fingerprint density at radius 1 is 1.12 bits per heavy atom. The van der Waals surface area contributed by atoms with Crippen LogP contribution in [-0.2, 0) is 0 Å². The number of amides is 1. The summed E-state index contributed by atoms with van der Waals surface area (Å²) in [7, 11) is 0. The van der Waals surface area contributed by atoms with E-state index >= 15 is 0 Å². The molecule has 0 aliphatic heterocycles. The maximum atomic E-state index is 12.4. The molecule has 0 spiro atoms. The quantitative estimate of drug-likeness (QED) is 0.783. The molecule has 0 atom stereocenters. The number of rotatable bonds is 4. The van der Waals surface area contributed by atoms with Crippen LogP contribution in [0.4, 0.5) is 18.9 Å². The molecule has 7 nitrogen and oxygen atoms in total. The first-order chi connectivity index (χ1) is 11.9. The zero-order valence-electron chi connectivity index (χ0n) is 12.4. The molecule has 0 aliphatic rings. The summed E-state index contributed by atoms with van der Waals surface area (Å²) in [5.74, 6) is -1.10. The van der Waals surface area contributed by atoms with Crippen molar-refractivity contribution in [2.75, 3.05) is 5.32 Å². The van der Waals surface area contributed by atoms with Gasteiger partial charge in [0.05, 0.1) is 23.6 Å². The summed E-state index contributed by atoms with van der Waals surface area (Å²) >= 11 is 0. The van der Waals surface area contributed by atoms with Crippen LogP contribution in [0.5, 0.6) is 5.75 Å². The Kier molecular flexibility index (Phi) is 4.33. The fraction of sp³-hybridized carbons (Fsp3) is 0.0667. The van der Waals surface area contributed by atoms with Gasteiger partial charge in [0.15, 0.2) is 0 Å². The van der Waals surface area contributed by atoms with Crippen molar-refractivity contribution in [2.45, 2.75) is 6.36 Å². The van der Waals surface area contributed by atoms with Crippen molar-refractivity contribution in [1.82, 2.24) is 19.7 Å². The van der Waals surface area contributed by atoms with Crippen molar-refractivity contribution in [3.63, 3.8) is 0 Å². The first-order valence-corrected chi connectivity index (χ1v) is 6.90. The lowest BCUT2D eigenvalue weighted by Crippen LogP contribution is -2.21. The van der Waals surface area contributed by atoms with Crippen molar-refractivity contribution in [3.8, 4) is 11.7 Å². The molecular formula is C15H10F3N5O2. The number of ether oxygens (including phenoxy) is 1. The Bertz CT molecular complexity index is 864. The van der Waals surface area contributed by atoms with Crippen LogP contribution in [0.25, 0.3) is 5.95 Å². The number of hydrogen-bond donors (Lipinski definition) is 1. The second-order valence-corrected chi connectivity index (χ2v) is 4.72. The zero-order valence-corrected chi connectivity index (χ0v) is 12.4. The van der Waals surface area contributed by atoms with Gasteiger partial charge in [-0.1, -0.05) is 12.1 Å². The van der Waals surface area contributed by atoms with E-state index in [9.17, 15) is 18.0 Å². The second-order valence-electron chi connectivity index (χ2n) is 4.72. The summed E-state index contributed by atoms with van der Waals surface area (Å²) in [5.41, 5.74) is -0.0568. The Hall–Kier alpha value is -3.43. The molecule has 0 saturated heterocycles. The SMILES string of the molecule is O=C(Nc1cnc(-n2cccn2)nc1)c1ccccc1OC(F)(F)F. The number of carbonyl (C=O) groups excluding carboxylic acids is 1. The molecule has 1 aromatic carbocycles. The van der Waals surface area contributed by atoms with Gasteiger partial charge in [-0.3, -0.25) is 4.79 Å². The lowest BCUT2D eigenvalue weighted by atomic mass is 10.2. The highest BCUT2D eigenvalue weighted by molar-refractivity contribution is 6.06. The molecule has 2 heterocycles. The van der Waals surface area contributed by atoms with E-state index in [4.69, 9.17) is 0 Å². The van der Waals surface area contributed by atoms with Gasteiger partial charge in [0.1, 0.15) is 5.75 Å². The number of aromatic nitrogens is 4. The van der Waals surface area contributed by atoms with Crippen LogP contribution >= 0.6 is 0 Å². The molecule has 0 saturated carbocycles. The summed E-state index contributed by atoms with van der Waals surface area (Å²) in [5, 5.41) is 6.37. The number of para-hydroxylation sites is 1. The van der Waals surface area contributed by atoms with Crippen molar-refractivity contribution in [2.24, 2.45) is 0 Å². The van der Waals surface area contributed by atoms with E-state index in [0.717, 1.165) is 6.07 Å². The summed E-state index contributed by atoms with van der Waals surface area (Å²) in [6, 6.07) is 6.72. The zero-order chi connectivity index (χ0) is 17.9. The molecule has 3 rings (SSSR count). The third kappa shape index (κ3) is 4.10. The number of nitrogens with one attached hydrogen (secondary N) is 1. The average Bonchev–Trinajstić information content (AvgIpc) is 3.09. The molecule has 3 aromatic rings. The number of benzene rings is 1.